The summed E-state index contributed by atoms with van der Waals surface area (Å²) in [7, 11) is 0. The molecule has 1 aliphatic heterocycles. The molecule has 0 aromatic heterocycles. The van der Waals surface area contributed by atoms with Crippen LogP contribution < -0.4 is 0 Å². The van der Waals surface area contributed by atoms with Crippen molar-refractivity contribution in [3.63, 3.8) is 0 Å². The van der Waals surface area contributed by atoms with Gasteiger partial charge in [-0.25, -0.2) is 0 Å². The van der Waals surface area contributed by atoms with Crippen LogP contribution in [0.5, 0.6) is 0 Å². The number of carbonyl (C=O) groups excluding carboxylic acids is 1. The van der Waals surface area contributed by atoms with Crippen LogP contribution >= 0.6 is 0 Å². The van der Waals surface area contributed by atoms with Gasteiger partial charge in [0.1, 0.15) is 12.2 Å². The lowest BCUT2D eigenvalue weighted by Crippen LogP contribution is -2.67. The van der Waals surface area contributed by atoms with Crippen LogP contribution in [0.25, 0.3) is 0 Å². The SMILES string of the molecule is Cc1ccc([C@]23O[C@H]2C[C@]2(C)[C@H]4CC[C@@H]5[C@H]6[C@H](C(C)C)CC[C@]6(C(=O)OCc6ccccc6)CC[C@@]5(C)[C@]4(C)CC[C@H]2C3(C)C)cc1. The number of epoxide rings is 1. The first-order valence-electron chi connectivity index (χ1n) is 19.2. The molecule has 0 N–H and O–H groups in total. The van der Waals surface area contributed by atoms with Crippen LogP contribution in [0, 0.1) is 69.5 Å². The Morgan fingerprint density at radius 1 is 0.830 bits per heavy atom. The lowest BCUT2D eigenvalue weighted by molar-refractivity contribution is -0.241. The fraction of sp³-hybridized carbons (Fsp3) is 0.705. The fourth-order valence-corrected chi connectivity index (χ4v) is 14.5. The van der Waals surface area contributed by atoms with E-state index in [1.807, 2.05) is 18.2 Å². The molecule has 47 heavy (non-hydrogen) atoms. The molecule has 254 valence electrons. The summed E-state index contributed by atoms with van der Waals surface area (Å²) < 4.78 is 13.2. The van der Waals surface area contributed by atoms with Crippen LogP contribution in [-0.4, -0.2) is 12.1 Å². The average molecular weight is 637 g/mol. The van der Waals surface area contributed by atoms with Crippen LogP contribution in [0.15, 0.2) is 54.6 Å². The lowest BCUT2D eigenvalue weighted by atomic mass is 9.31. The summed E-state index contributed by atoms with van der Waals surface area (Å²) in [5, 5.41) is 0. The highest BCUT2D eigenvalue weighted by Crippen LogP contribution is 2.81. The molecule has 6 fully saturated rings. The molecule has 1 heterocycles. The van der Waals surface area contributed by atoms with Crippen LogP contribution in [-0.2, 0) is 26.5 Å². The highest BCUT2D eigenvalue weighted by Gasteiger charge is 2.79. The van der Waals surface area contributed by atoms with Crippen molar-refractivity contribution < 1.29 is 14.3 Å². The van der Waals surface area contributed by atoms with E-state index in [0.29, 0.717) is 48.2 Å². The Morgan fingerprint density at radius 3 is 2.26 bits per heavy atom. The van der Waals surface area contributed by atoms with Gasteiger partial charge in [0.25, 0.3) is 0 Å². The van der Waals surface area contributed by atoms with Crippen LogP contribution in [0.2, 0.25) is 0 Å². The van der Waals surface area contributed by atoms with Crippen molar-refractivity contribution >= 4 is 5.97 Å². The zero-order valence-electron chi connectivity index (χ0n) is 30.5. The van der Waals surface area contributed by atoms with E-state index in [4.69, 9.17) is 9.47 Å². The minimum absolute atomic E-state index is 0.0808. The molecule has 3 heteroatoms. The molecule has 0 amide bonds. The first kappa shape index (κ1) is 32.1. The van der Waals surface area contributed by atoms with Crippen molar-refractivity contribution in [3.05, 3.63) is 71.3 Å². The Balaban J connectivity index is 1.11. The normalized spacial score (nSPS) is 46.0. The minimum atomic E-state index is -0.319. The zero-order chi connectivity index (χ0) is 33.2. The van der Waals surface area contributed by atoms with Crippen molar-refractivity contribution in [1.29, 1.82) is 0 Å². The molecule has 0 unspecified atom stereocenters. The van der Waals surface area contributed by atoms with E-state index >= 15 is 0 Å². The molecule has 6 aliphatic rings. The molecule has 2 aromatic rings. The van der Waals surface area contributed by atoms with Gasteiger partial charge < -0.3 is 9.47 Å². The Bertz CT molecular complexity index is 1530. The topological polar surface area (TPSA) is 38.8 Å². The molecule has 0 radical (unpaired) electrons. The van der Waals surface area contributed by atoms with Gasteiger partial charge in [-0.1, -0.05) is 109 Å². The predicted octanol–water partition coefficient (Wildman–Crippen LogP) is 10.7. The summed E-state index contributed by atoms with van der Waals surface area (Å²) in [6, 6.07) is 19.5. The molecular weight excluding hydrogens is 576 g/mol. The second kappa shape index (κ2) is 10.4. The molecule has 3 nitrogen and oxygen atoms in total. The number of hydrogen-bond acceptors (Lipinski definition) is 3. The first-order chi connectivity index (χ1) is 22.2. The summed E-state index contributed by atoms with van der Waals surface area (Å²) in [5.41, 5.74) is 4.18. The van der Waals surface area contributed by atoms with Crippen LogP contribution in [0.3, 0.4) is 0 Å². The van der Waals surface area contributed by atoms with Crippen molar-refractivity contribution in [2.45, 2.75) is 131 Å². The van der Waals surface area contributed by atoms with E-state index in [9.17, 15) is 4.79 Å². The van der Waals surface area contributed by atoms with E-state index in [1.54, 1.807) is 0 Å². The maximum Gasteiger partial charge on any atom is 0.312 e. The third kappa shape index (κ3) is 4.11. The minimum Gasteiger partial charge on any atom is -0.460 e. The number of esters is 1. The van der Waals surface area contributed by atoms with Crippen molar-refractivity contribution in [2.24, 2.45) is 62.6 Å². The Labute approximate surface area is 285 Å². The summed E-state index contributed by atoms with van der Waals surface area (Å²) in [6.45, 7) is 20.6. The molecule has 11 atom stereocenters. The van der Waals surface area contributed by atoms with Gasteiger partial charge >= 0.3 is 5.97 Å². The van der Waals surface area contributed by atoms with Gasteiger partial charge in [-0.05, 0) is 128 Å². The molecule has 5 aliphatic carbocycles. The second-order valence-corrected chi connectivity index (χ2v) is 19.0. The van der Waals surface area contributed by atoms with E-state index in [1.165, 1.54) is 49.7 Å². The number of benzene rings is 2. The highest BCUT2D eigenvalue weighted by molar-refractivity contribution is 5.78. The van der Waals surface area contributed by atoms with E-state index in [0.717, 1.165) is 24.8 Å². The number of aryl methyl sites for hydroxylation is 1. The Hall–Kier alpha value is -2.13. The lowest BCUT2D eigenvalue weighted by Gasteiger charge is -2.72. The molecular formula is C44H60O3. The van der Waals surface area contributed by atoms with Crippen LogP contribution in [0.1, 0.15) is 123 Å². The summed E-state index contributed by atoms with van der Waals surface area (Å²) in [6.07, 6.45) is 11.0. The predicted molar refractivity (Wildman–Crippen MR) is 188 cm³/mol. The van der Waals surface area contributed by atoms with E-state index in [-0.39, 0.29) is 38.6 Å². The molecule has 0 bridgehead atoms. The molecule has 2 aromatic carbocycles. The second-order valence-electron chi connectivity index (χ2n) is 19.0. The maximum absolute atomic E-state index is 14.4. The van der Waals surface area contributed by atoms with Gasteiger partial charge in [-0.3, -0.25) is 4.79 Å². The molecule has 0 spiro atoms. The number of hydrogen-bond donors (Lipinski definition) is 0. The summed E-state index contributed by atoms with van der Waals surface area (Å²) >= 11 is 0. The first-order valence-corrected chi connectivity index (χ1v) is 19.2. The molecule has 5 saturated carbocycles. The fourth-order valence-electron chi connectivity index (χ4n) is 14.5. The van der Waals surface area contributed by atoms with E-state index in [2.05, 4.69) is 91.8 Å². The van der Waals surface area contributed by atoms with Crippen molar-refractivity contribution in [1.82, 2.24) is 0 Å². The quantitative estimate of drug-likeness (QED) is 0.242. The number of fused-ring (bicyclic) bond motifs is 8. The Kier molecular flexibility index (Phi) is 7.13. The Morgan fingerprint density at radius 2 is 1.55 bits per heavy atom. The highest BCUT2D eigenvalue weighted by atomic mass is 16.6. The molecule has 1 saturated heterocycles. The summed E-state index contributed by atoms with van der Waals surface area (Å²) in [4.78, 5) is 14.4. The van der Waals surface area contributed by atoms with Crippen molar-refractivity contribution in [2.75, 3.05) is 0 Å². The zero-order valence-corrected chi connectivity index (χ0v) is 30.5. The van der Waals surface area contributed by atoms with Crippen molar-refractivity contribution in [3.8, 4) is 0 Å². The smallest absolute Gasteiger partial charge is 0.312 e. The monoisotopic (exact) mass is 636 g/mol. The van der Waals surface area contributed by atoms with Gasteiger partial charge in [-0.2, -0.15) is 0 Å². The number of carbonyl (C=O) groups is 1. The van der Waals surface area contributed by atoms with Gasteiger partial charge in [0.05, 0.1) is 11.5 Å². The maximum atomic E-state index is 14.4. The van der Waals surface area contributed by atoms with Gasteiger partial charge in [0.2, 0.25) is 0 Å². The van der Waals surface area contributed by atoms with Gasteiger partial charge in [0.15, 0.2) is 0 Å². The van der Waals surface area contributed by atoms with Crippen LogP contribution in [0.4, 0.5) is 0 Å². The van der Waals surface area contributed by atoms with Gasteiger partial charge in [0, 0.05) is 5.41 Å². The number of ether oxygens (including phenoxy) is 2. The van der Waals surface area contributed by atoms with Gasteiger partial charge in [-0.15, -0.1) is 0 Å². The summed E-state index contributed by atoms with van der Waals surface area (Å²) in [5.74, 6) is 3.62. The standard InChI is InChI=1S/C44H60O3/c1-28(2)32-20-23-43(38(45)46-27-30-12-10-9-11-13-30)25-24-41(7)33(37(32)43)18-19-35-40(6)26-36-44(47-36,31-16-14-29(3)15-17-31)39(4,5)34(40)21-22-42(35,41)8/h9-17,28,32-37H,18-27H2,1-8H3/t32-,33+,34-,35+,36-,37+,40-,41+,42+,43-,44-/m0/s1. The molecule has 8 rings (SSSR count). The number of rotatable bonds is 5. The average Bonchev–Trinajstić information content (AvgIpc) is 3.63. The largest absolute Gasteiger partial charge is 0.460 e. The third-order valence-corrected chi connectivity index (χ3v) is 16.9. The van der Waals surface area contributed by atoms with E-state index < -0.39 is 0 Å². The third-order valence-electron chi connectivity index (χ3n) is 16.9.